The van der Waals surface area contributed by atoms with Crippen LogP contribution in [0.4, 0.5) is 10.1 Å². The van der Waals surface area contributed by atoms with Gasteiger partial charge in [0.1, 0.15) is 11.8 Å². The van der Waals surface area contributed by atoms with Crippen molar-refractivity contribution >= 4 is 11.2 Å². The van der Waals surface area contributed by atoms with E-state index < -0.39 is 10.7 Å². The lowest BCUT2D eigenvalue weighted by molar-refractivity contribution is -0.384. The van der Waals surface area contributed by atoms with Crippen molar-refractivity contribution in [3.63, 3.8) is 0 Å². The van der Waals surface area contributed by atoms with Crippen LogP contribution in [0.15, 0.2) is 67.1 Å². The number of non-ortho nitro benzene ring substituents is 1. The van der Waals surface area contributed by atoms with E-state index in [4.69, 9.17) is 4.74 Å². The minimum atomic E-state index is -0.521. The van der Waals surface area contributed by atoms with Crippen LogP contribution < -0.4 is 4.74 Å². The van der Waals surface area contributed by atoms with Crippen molar-refractivity contribution in [3.05, 3.63) is 83.1 Å². The number of aromatic nitrogens is 3. The molecule has 128 valence electrons. The van der Waals surface area contributed by atoms with Gasteiger partial charge < -0.3 is 4.74 Å². The standard InChI is InChI=1S/C18H11FN4O3/c19-15-6-1-2-7-16(15)26-18-17-14(8-9-22(17)21-11-20-18)12-4-3-5-13(10-12)23(24)25/h1-11H. The molecule has 0 amide bonds. The Morgan fingerprint density at radius 2 is 1.96 bits per heavy atom. The Hall–Kier alpha value is -3.81. The van der Waals surface area contributed by atoms with Gasteiger partial charge in [-0.15, -0.1) is 0 Å². The Labute approximate surface area is 146 Å². The summed E-state index contributed by atoms with van der Waals surface area (Å²) in [5.41, 5.74) is 1.70. The average Bonchev–Trinajstić information content (AvgIpc) is 3.09. The molecule has 0 unspecified atom stereocenters. The van der Waals surface area contributed by atoms with E-state index in [0.29, 0.717) is 16.6 Å². The first-order valence-electron chi connectivity index (χ1n) is 7.63. The molecule has 4 aromatic rings. The zero-order chi connectivity index (χ0) is 18.1. The Morgan fingerprint density at radius 3 is 2.77 bits per heavy atom. The van der Waals surface area contributed by atoms with Crippen molar-refractivity contribution in [1.82, 2.24) is 14.6 Å². The Morgan fingerprint density at radius 1 is 1.12 bits per heavy atom. The van der Waals surface area contributed by atoms with Crippen molar-refractivity contribution in [1.29, 1.82) is 0 Å². The summed E-state index contributed by atoms with van der Waals surface area (Å²) in [6.45, 7) is 0. The van der Waals surface area contributed by atoms with Gasteiger partial charge >= 0.3 is 0 Å². The summed E-state index contributed by atoms with van der Waals surface area (Å²) < 4.78 is 21.1. The smallest absolute Gasteiger partial charge is 0.270 e. The van der Waals surface area contributed by atoms with Crippen LogP contribution in [0.3, 0.4) is 0 Å². The third kappa shape index (κ3) is 2.73. The highest BCUT2D eigenvalue weighted by Crippen LogP contribution is 2.34. The number of para-hydroxylation sites is 1. The predicted molar refractivity (Wildman–Crippen MR) is 91.6 cm³/mol. The summed E-state index contributed by atoms with van der Waals surface area (Å²) in [5, 5.41) is 15.1. The summed E-state index contributed by atoms with van der Waals surface area (Å²) in [6, 6.07) is 13.9. The second-order valence-corrected chi connectivity index (χ2v) is 5.43. The molecule has 0 bridgehead atoms. The first-order chi connectivity index (χ1) is 12.6. The Kier molecular flexibility index (Phi) is 3.77. The molecule has 0 saturated carbocycles. The quantitative estimate of drug-likeness (QED) is 0.406. The fourth-order valence-corrected chi connectivity index (χ4v) is 2.65. The van der Waals surface area contributed by atoms with Crippen LogP contribution in [0.25, 0.3) is 16.6 Å². The molecular formula is C18H11FN4O3. The summed E-state index contributed by atoms with van der Waals surface area (Å²) in [6.07, 6.45) is 2.97. The number of halogens is 1. The van der Waals surface area contributed by atoms with Gasteiger partial charge in [0, 0.05) is 23.9 Å². The maximum absolute atomic E-state index is 13.9. The molecule has 8 heteroatoms. The van der Waals surface area contributed by atoms with Crippen molar-refractivity contribution in [2.24, 2.45) is 0 Å². The number of hydrogen-bond donors (Lipinski definition) is 0. The number of nitrogens with zero attached hydrogens (tertiary/aromatic N) is 4. The largest absolute Gasteiger partial charge is 0.434 e. The first kappa shape index (κ1) is 15.7. The van der Waals surface area contributed by atoms with E-state index in [1.807, 2.05) is 0 Å². The molecule has 0 fully saturated rings. The highest BCUT2D eigenvalue weighted by Gasteiger charge is 2.16. The lowest BCUT2D eigenvalue weighted by atomic mass is 10.1. The molecule has 0 spiro atoms. The van der Waals surface area contributed by atoms with E-state index in [1.54, 1.807) is 36.5 Å². The highest BCUT2D eigenvalue weighted by atomic mass is 19.1. The van der Waals surface area contributed by atoms with Gasteiger partial charge in [-0.2, -0.15) is 10.1 Å². The topological polar surface area (TPSA) is 82.6 Å². The summed E-state index contributed by atoms with van der Waals surface area (Å²) in [5.74, 6) is -0.344. The average molecular weight is 350 g/mol. The van der Waals surface area contributed by atoms with Crippen LogP contribution in [0.1, 0.15) is 0 Å². The zero-order valence-corrected chi connectivity index (χ0v) is 13.2. The molecule has 0 saturated heterocycles. The number of hydrogen-bond acceptors (Lipinski definition) is 5. The molecular weight excluding hydrogens is 339 g/mol. The summed E-state index contributed by atoms with van der Waals surface area (Å²) >= 11 is 0. The molecule has 0 radical (unpaired) electrons. The molecule has 2 aromatic carbocycles. The molecule has 4 rings (SSSR count). The number of ether oxygens (including phenoxy) is 1. The molecule has 7 nitrogen and oxygen atoms in total. The number of nitro groups is 1. The van der Waals surface area contributed by atoms with Gasteiger partial charge in [0.25, 0.3) is 5.69 Å². The number of benzene rings is 2. The Balaban J connectivity index is 1.86. The number of fused-ring (bicyclic) bond motifs is 1. The SMILES string of the molecule is O=[N+]([O-])c1cccc(-c2ccn3ncnc(Oc4ccccc4F)c23)c1. The molecule has 2 heterocycles. The second kappa shape index (κ2) is 6.25. The minimum Gasteiger partial charge on any atom is -0.434 e. The van der Waals surface area contributed by atoms with Gasteiger partial charge in [-0.25, -0.2) is 8.91 Å². The second-order valence-electron chi connectivity index (χ2n) is 5.43. The van der Waals surface area contributed by atoms with Crippen LogP contribution in [-0.4, -0.2) is 19.5 Å². The van der Waals surface area contributed by atoms with Gasteiger partial charge in [-0.3, -0.25) is 10.1 Å². The van der Waals surface area contributed by atoms with E-state index in [9.17, 15) is 14.5 Å². The van der Waals surface area contributed by atoms with E-state index >= 15 is 0 Å². The van der Waals surface area contributed by atoms with Crippen LogP contribution in [-0.2, 0) is 0 Å². The van der Waals surface area contributed by atoms with Crippen LogP contribution >= 0.6 is 0 Å². The van der Waals surface area contributed by atoms with Crippen LogP contribution in [0, 0.1) is 15.9 Å². The van der Waals surface area contributed by atoms with E-state index in [0.717, 1.165) is 0 Å². The van der Waals surface area contributed by atoms with Gasteiger partial charge in [0.15, 0.2) is 11.6 Å². The molecule has 2 aromatic heterocycles. The number of rotatable bonds is 4. The lowest BCUT2D eigenvalue weighted by Gasteiger charge is -2.08. The van der Waals surface area contributed by atoms with Gasteiger partial charge in [0.2, 0.25) is 5.88 Å². The lowest BCUT2D eigenvalue weighted by Crippen LogP contribution is -1.98. The molecule has 0 atom stereocenters. The zero-order valence-electron chi connectivity index (χ0n) is 13.2. The van der Waals surface area contributed by atoms with Gasteiger partial charge in [0.05, 0.1) is 4.92 Å². The molecule has 0 aliphatic carbocycles. The third-order valence-corrected chi connectivity index (χ3v) is 3.83. The minimum absolute atomic E-state index is 0.0271. The fourth-order valence-electron chi connectivity index (χ4n) is 2.65. The maximum Gasteiger partial charge on any atom is 0.270 e. The van der Waals surface area contributed by atoms with Crippen LogP contribution in [0.5, 0.6) is 11.6 Å². The summed E-state index contributed by atoms with van der Waals surface area (Å²) in [7, 11) is 0. The first-order valence-corrected chi connectivity index (χ1v) is 7.63. The predicted octanol–water partition coefficient (Wildman–Crippen LogP) is 4.24. The fraction of sp³-hybridized carbons (Fsp3) is 0. The Bertz CT molecular complexity index is 1130. The van der Waals surface area contributed by atoms with E-state index in [1.165, 1.54) is 35.1 Å². The van der Waals surface area contributed by atoms with Crippen molar-refractivity contribution in [3.8, 4) is 22.8 Å². The van der Waals surface area contributed by atoms with Gasteiger partial charge in [-0.1, -0.05) is 24.3 Å². The summed E-state index contributed by atoms with van der Waals surface area (Å²) in [4.78, 5) is 14.7. The monoisotopic (exact) mass is 350 g/mol. The van der Waals surface area contributed by atoms with Crippen molar-refractivity contribution in [2.45, 2.75) is 0 Å². The highest BCUT2D eigenvalue weighted by molar-refractivity contribution is 5.85. The van der Waals surface area contributed by atoms with Crippen LogP contribution in [0.2, 0.25) is 0 Å². The van der Waals surface area contributed by atoms with E-state index in [2.05, 4.69) is 10.1 Å². The van der Waals surface area contributed by atoms with Crippen molar-refractivity contribution < 1.29 is 14.1 Å². The van der Waals surface area contributed by atoms with Gasteiger partial charge in [-0.05, 0) is 23.8 Å². The van der Waals surface area contributed by atoms with E-state index in [-0.39, 0.29) is 17.3 Å². The molecule has 0 aliphatic heterocycles. The molecule has 0 aliphatic rings. The molecule has 0 N–H and O–H groups in total. The maximum atomic E-state index is 13.9. The third-order valence-electron chi connectivity index (χ3n) is 3.83. The number of nitro benzene ring substituents is 1. The van der Waals surface area contributed by atoms with Crippen molar-refractivity contribution in [2.75, 3.05) is 0 Å². The normalized spacial score (nSPS) is 10.8. The molecule has 26 heavy (non-hydrogen) atoms.